The zero-order chi connectivity index (χ0) is 19.3. The van der Waals surface area contributed by atoms with Crippen LogP contribution >= 0.6 is 0 Å². The highest BCUT2D eigenvalue weighted by molar-refractivity contribution is 5.95. The lowest BCUT2D eigenvalue weighted by Gasteiger charge is -2.01. The van der Waals surface area contributed by atoms with Gasteiger partial charge in [-0.3, -0.25) is 4.79 Å². The molecule has 2 aromatic rings. The minimum atomic E-state index is -0.327. The summed E-state index contributed by atoms with van der Waals surface area (Å²) in [5.41, 5.74) is 3.38. The third-order valence-corrected chi connectivity index (χ3v) is 3.88. The van der Waals surface area contributed by atoms with Crippen LogP contribution in [0.5, 0.6) is 11.5 Å². The molecule has 0 bridgehead atoms. The topological polar surface area (TPSA) is 101 Å². The highest BCUT2D eigenvalue weighted by Crippen LogP contribution is 2.32. The smallest absolute Gasteiger partial charge is 0.340 e. The average Bonchev–Trinajstić information content (AvgIpc) is 3.18. The number of aromatic amines is 1. The number of aryl methyl sites for hydroxylation is 1. The Labute approximate surface area is 151 Å². The molecule has 0 amide bonds. The quantitative estimate of drug-likeness (QED) is 0.495. The molecule has 138 valence electrons. The number of rotatable bonds is 4. The second-order valence-electron chi connectivity index (χ2n) is 5.65. The van der Waals surface area contributed by atoms with E-state index in [1.165, 1.54) is 13.1 Å². The van der Waals surface area contributed by atoms with Gasteiger partial charge in [0.15, 0.2) is 17.3 Å². The van der Waals surface area contributed by atoms with E-state index in [1.54, 1.807) is 39.0 Å². The fourth-order valence-corrected chi connectivity index (χ4v) is 2.54. The van der Waals surface area contributed by atoms with Gasteiger partial charge >= 0.3 is 5.97 Å². The Morgan fingerprint density at radius 2 is 1.96 bits per heavy atom. The van der Waals surface area contributed by atoms with Crippen molar-refractivity contribution in [2.45, 2.75) is 27.7 Å². The highest BCUT2D eigenvalue weighted by Gasteiger charge is 2.17. The largest absolute Gasteiger partial charge is 0.462 e. The first kappa shape index (κ1) is 19.2. The van der Waals surface area contributed by atoms with Crippen molar-refractivity contribution in [3.05, 3.63) is 46.3 Å². The zero-order valence-electron chi connectivity index (χ0n) is 15.3. The number of ether oxygens (including phenoxy) is 3. The van der Waals surface area contributed by atoms with E-state index in [1.807, 2.05) is 0 Å². The lowest BCUT2D eigenvalue weighted by Crippen LogP contribution is -2.06. The Morgan fingerprint density at radius 1 is 1.27 bits per heavy atom. The summed E-state index contributed by atoms with van der Waals surface area (Å²) in [6.45, 7) is 7.51. The van der Waals surface area contributed by atoms with E-state index in [0.717, 1.165) is 11.3 Å². The Bertz CT molecular complexity index is 839. The zero-order valence-corrected chi connectivity index (χ0v) is 15.3. The van der Waals surface area contributed by atoms with E-state index in [2.05, 4.69) is 4.98 Å². The van der Waals surface area contributed by atoms with Crippen molar-refractivity contribution in [3.63, 3.8) is 0 Å². The van der Waals surface area contributed by atoms with E-state index in [-0.39, 0.29) is 18.5 Å². The molecule has 7 nitrogen and oxygen atoms in total. The number of H-pyrrole nitrogens is 1. The molecule has 1 aliphatic rings. The van der Waals surface area contributed by atoms with Crippen LogP contribution < -0.4 is 9.47 Å². The normalized spacial score (nSPS) is 11.4. The summed E-state index contributed by atoms with van der Waals surface area (Å²) in [6, 6.07) is 5.18. The Hall–Kier alpha value is -3.09. The van der Waals surface area contributed by atoms with Gasteiger partial charge in [-0.2, -0.15) is 0 Å². The second-order valence-corrected chi connectivity index (χ2v) is 5.65. The summed E-state index contributed by atoms with van der Waals surface area (Å²) >= 11 is 0. The van der Waals surface area contributed by atoms with Crippen LogP contribution in [0.2, 0.25) is 0 Å². The summed E-state index contributed by atoms with van der Waals surface area (Å²) < 4.78 is 15.1. The third-order valence-electron chi connectivity index (χ3n) is 3.88. The van der Waals surface area contributed by atoms with Crippen molar-refractivity contribution >= 4 is 18.0 Å². The van der Waals surface area contributed by atoms with Crippen LogP contribution in [-0.2, 0) is 4.74 Å². The maximum absolute atomic E-state index is 11.5. The molecule has 2 heterocycles. The predicted octanol–water partition coefficient (Wildman–Crippen LogP) is 3.42. The SMILES string of the molecule is CC(=O)c1ccc2c(c1)OCO2.CCOC(=O)c1c(C)[nH]c(C=N)c1C. The van der Waals surface area contributed by atoms with Crippen LogP contribution in [0.3, 0.4) is 0 Å². The van der Waals surface area contributed by atoms with Gasteiger partial charge in [-0.05, 0) is 51.5 Å². The number of ketones is 1. The highest BCUT2D eigenvalue weighted by atomic mass is 16.7. The maximum Gasteiger partial charge on any atom is 0.340 e. The summed E-state index contributed by atoms with van der Waals surface area (Å²) in [7, 11) is 0. The fourth-order valence-electron chi connectivity index (χ4n) is 2.54. The molecule has 0 saturated heterocycles. The molecule has 26 heavy (non-hydrogen) atoms. The molecule has 2 N–H and O–H groups in total. The van der Waals surface area contributed by atoms with Crippen LogP contribution in [0, 0.1) is 19.3 Å². The van der Waals surface area contributed by atoms with Gasteiger partial charge in [0.1, 0.15) is 0 Å². The number of hydrogen-bond acceptors (Lipinski definition) is 6. The van der Waals surface area contributed by atoms with Crippen molar-refractivity contribution in [2.24, 2.45) is 0 Å². The Balaban J connectivity index is 0.000000189. The predicted molar refractivity (Wildman–Crippen MR) is 96.7 cm³/mol. The number of benzene rings is 1. The van der Waals surface area contributed by atoms with Gasteiger partial charge in [0, 0.05) is 17.5 Å². The molecule has 1 aromatic heterocycles. The molecule has 0 saturated carbocycles. The maximum atomic E-state index is 11.5. The average molecular weight is 358 g/mol. The van der Waals surface area contributed by atoms with E-state index in [4.69, 9.17) is 19.6 Å². The third kappa shape index (κ3) is 4.11. The number of hydrogen-bond donors (Lipinski definition) is 2. The fraction of sp³-hybridized carbons (Fsp3) is 0.316. The minimum Gasteiger partial charge on any atom is -0.462 e. The van der Waals surface area contributed by atoms with Crippen LogP contribution in [-0.4, -0.2) is 36.4 Å². The van der Waals surface area contributed by atoms with Gasteiger partial charge in [-0.15, -0.1) is 0 Å². The Morgan fingerprint density at radius 3 is 2.54 bits per heavy atom. The lowest BCUT2D eigenvalue weighted by atomic mass is 10.1. The van der Waals surface area contributed by atoms with Crippen LogP contribution in [0.25, 0.3) is 0 Å². The molecule has 3 rings (SSSR count). The van der Waals surface area contributed by atoms with Crippen molar-refractivity contribution < 1.29 is 23.8 Å². The van der Waals surface area contributed by atoms with E-state index >= 15 is 0 Å². The number of carbonyl (C=O) groups excluding carboxylic acids is 2. The van der Waals surface area contributed by atoms with Gasteiger partial charge in [0.2, 0.25) is 6.79 Å². The van der Waals surface area contributed by atoms with E-state index < -0.39 is 0 Å². The van der Waals surface area contributed by atoms with Crippen LogP contribution in [0.4, 0.5) is 0 Å². The van der Waals surface area contributed by atoms with E-state index in [0.29, 0.717) is 34.9 Å². The number of fused-ring (bicyclic) bond motifs is 1. The van der Waals surface area contributed by atoms with Crippen molar-refractivity contribution in [2.75, 3.05) is 13.4 Å². The minimum absolute atomic E-state index is 0.0355. The first-order valence-corrected chi connectivity index (χ1v) is 8.16. The van der Waals surface area contributed by atoms with Crippen molar-refractivity contribution in [3.8, 4) is 11.5 Å². The first-order chi connectivity index (χ1) is 12.4. The van der Waals surface area contributed by atoms with Crippen molar-refractivity contribution in [1.82, 2.24) is 4.98 Å². The number of nitrogens with one attached hydrogen (secondary N) is 2. The standard InChI is InChI=1S/C10H14N2O2.C9H8O3/c1-4-14-10(13)9-6(2)8(5-11)12-7(9)3;1-6(10)7-2-3-8-9(4-7)12-5-11-8/h5,11-12H,4H2,1-3H3;2-4H,5H2,1H3. The summed E-state index contributed by atoms with van der Waals surface area (Å²) in [5, 5.41) is 7.13. The molecule has 0 unspecified atom stereocenters. The van der Waals surface area contributed by atoms with Gasteiger partial charge in [0.25, 0.3) is 0 Å². The van der Waals surface area contributed by atoms with Gasteiger partial charge in [0.05, 0.1) is 17.9 Å². The lowest BCUT2D eigenvalue weighted by molar-refractivity contribution is 0.0525. The number of esters is 1. The molecule has 0 fully saturated rings. The summed E-state index contributed by atoms with van der Waals surface area (Å²) in [6.07, 6.45) is 1.20. The molecule has 0 radical (unpaired) electrons. The van der Waals surface area contributed by atoms with Gasteiger partial charge in [-0.25, -0.2) is 4.79 Å². The number of Topliss-reactive ketones (excluding diaryl/α,β-unsaturated/α-hetero) is 1. The number of carbonyl (C=O) groups is 2. The van der Waals surface area contributed by atoms with Crippen LogP contribution in [0.1, 0.15) is 51.5 Å². The second kappa shape index (κ2) is 8.33. The van der Waals surface area contributed by atoms with Gasteiger partial charge in [-0.1, -0.05) is 0 Å². The molecule has 1 aromatic carbocycles. The summed E-state index contributed by atoms with van der Waals surface area (Å²) in [4.78, 5) is 25.4. The molecule has 0 spiro atoms. The molecule has 7 heteroatoms. The monoisotopic (exact) mass is 358 g/mol. The van der Waals surface area contributed by atoms with E-state index in [9.17, 15) is 9.59 Å². The van der Waals surface area contributed by atoms with Gasteiger partial charge < -0.3 is 24.6 Å². The summed E-state index contributed by atoms with van der Waals surface area (Å²) in [5.74, 6) is 1.07. The van der Waals surface area contributed by atoms with Crippen molar-refractivity contribution in [1.29, 1.82) is 5.41 Å². The first-order valence-electron chi connectivity index (χ1n) is 8.16. The molecular weight excluding hydrogens is 336 g/mol. The van der Waals surface area contributed by atoms with Crippen LogP contribution in [0.15, 0.2) is 18.2 Å². The molecule has 1 aliphatic heterocycles. The Kier molecular flexibility index (Phi) is 6.16. The molecular formula is C19H22N2O5. The molecule has 0 aliphatic carbocycles. The number of aromatic nitrogens is 1. The molecule has 0 atom stereocenters.